The van der Waals surface area contributed by atoms with Crippen LogP contribution in [0, 0.1) is 13.8 Å². The Morgan fingerprint density at radius 1 is 0.865 bits per heavy atom. The van der Waals surface area contributed by atoms with Gasteiger partial charge in [-0.2, -0.15) is 0 Å². The van der Waals surface area contributed by atoms with Crippen molar-refractivity contribution in [1.29, 1.82) is 0 Å². The van der Waals surface area contributed by atoms with Crippen LogP contribution >= 0.6 is 0 Å². The van der Waals surface area contributed by atoms with Crippen LogP contribution in [0.5, 0.6) is 0 Å². The van der Waals surface area contributed by atoms with Gasteiger partial charge in [-0.3, -0.25) is 9.59 Å². The number of carbonyl (C=O) groups excluding carboxylic acids is 3. The Morgan fingerprint density at radius 3 is 2.24 bits per heavy atom. The zero-order valence-electron chi connectivity index (χ0n) is 20.6. The van der Waals surface area contributed by atoms with E-state index in [0.717, 1.165) is 16.7 Å². The minimum atomic E-state index is -1.23. The van der Waals surface area contributed by atoms with Crippen molar-refractivity contribution in [2.75, 3.05) is 5.32 Å². The van der Waals surface area contributed by atoms with E-state index in [1.54, 1.807) is 30.3 Å². The molecule has 0 aliphatic carbocycles. The van der Waals surface area contributed by atoms with E-state index in [1.807, 2.05) is 68.4 Å². The zero-order valence-corrected chi connectivity index (χ0v) is 20.6. The molecule has 2 atom stereocenters. The maximum Gasteiger partial charge on any atom is 0.330 e. The zero-order chi connectivity index (χ0) is 26.2. The molecular weight excluding hydrogens is 468 g/mol. The van der Waals surface area contributed by atoms with Crippen LogP contribution in [0.15, 0.2) is 102 Å². The van der Waals surface area contributed by atoms with Gasteiger partial charge in [0.2, 0.25) is 6.10 Å². The summed E-state index contributed by atoms with van der Waals surface area (Å²) in [5.41, 5.74) is 3.83. The van der Waals surface area contributed by atoms with Gasteiger partial charge in [0.05, 0.1) is 6.26 Å². The number of ether oxygens (including phenoxy) is 1. The molecule has 0 unspecified atom stereocenters. The summed E-state index contributed by atoms with van der Waals surface area (Å²) < 4.78 is 11.0. The third-order valence-corrected chi connectivity index (χ3v) is 5.84. The van der Waals surface area contributed by atoms with E-state index in [1.165, 1.54) is 12.3 Å². The van der Waals surface area contributed by atoms with Gasteiger partial charge in [0.1, 0.15) is 6.04 Å². The van der Waals surface area contributed by atoms with E-state index >= 15 is 0 Å². The van der Waals surface area contributed by atoms with Crippen molar-refractivity contribution in [3.8, 4) is 0 Å². The highest BCUT2D eigenvalue weighted by atomic mass is 16.5. The number of amides is 2. The largest absolute Gasteiger partial charge is 0.459 e. The van der Waals surface area contributed by atoms with Crippen molar-refractivity contribution in [2.45, 2.75) is 32.4 Å². The molecular formula is C30H28N2O5. The average molecular weight is 497 g/mol. The minimum absolute atomic E-state index is 0.0677. The molecule has 0 radical (unpaired) electrons. The minimum Gasteiger partial charge on any atom is -0.459 e. The quantitative estimate of drug-likeness (QED) is 0.312. The number of nitrogens with one attached hydrogen (secondary N) is 2. The van der Waals surface area contributed by atoms with Crippen LogP contribution in [0.1, 0.15) is 38.9 Å². The Bertz CT molecular complexity index is 1350. The van der Waals surface area contributed by atoms with E-state index in [4.69, 9.17) is 9.15 Å². The summed E-state index contributed by atoms with van der Waals surface area (Å²) in [6.45, 7) is 3.82. The van der Waals surface area contributed by atoms with Gasteiger partial charge in [-0.15, -0.1) is 0 Å². The molecule has 4 rings (SSSR count). The number of rotatable bonds is 9. The summed E-state index contributed by atoms with van der Waals surface area (Å²) in [6.07, 6.45) is 0.321. The fourth-order valence-electron chi connectivity index (χ4n) is 3.85. The Balaban J connectivity index is 1.59. The molecule has 188 valence electrons. The van der Waals surface area contributed by atoms with Gasteiger partial charge >= 0.3 is 5.97 Å². The molecule has 0 fully saturated rings. The van der Waals surface area contributed by atoms with Crippen LogP contribution in [0.3, 0.4) is 0 Å². The lowest BCUT2D eigenvalue weighted by Gasteiger charge is -2.23. The third-order valence-electron chi connectivity index (χ3n) is 5.84. The lowest BCUT2D eigenvalue weighted by atomic mass is 10.0. The molecule has 37 heavy (non-hydrogen) atoms. The maximum atomic E-state index is 13.5. The molecule has 2 amide bonds. The number of furan rings is 1. The fourth-order valence-corrected chi connectivity index (χ4v) is 3.85. The van der Waals surface area contributed by atoms with Gasteiger partial charge < -0.3 is 19.8 Å². The molecule has 0 bridgehead atoms. The lowest BCUT2D eigenvalue weighted by molar-refractivity contribution is -0.156. The molecule has 4 aromatic rings. The van der Waals surface area contributed by atoms with Gasteiger partial charge in [-0.25, -0.2) is 4.79 Å². The SMILES string of the molecule is Cc1ccc(C)c(NC(=O)[C@@H](OC(=O)[C@@H](Cc2ccccc2)NC(=O)c2ccco2)c2ccccc2)c1. The number of esters is 1. The average Bonchev–Trinajstić information content (AvgIpc) is 3.45. The molecule has 0 spiro atoms. The summed E-state index contributed by atoms with van der Waals surface area (Å²) in [6, 6.07) is 25.8. The first-order valence-electron chi connectivity index (χ1n) is 11.9. The van der Waals surface area contributed by atoms with Gasteiger partial charge in [0.15, 0.2) is 5.76 Å². The smallest absolute Gasteiger partial charge is 0.330 e. The standard InChI is InChI=1S/C30H28N2O5/c1-20-15-16-21(2)24(18-20)31-29(34)27(23-12-7-4-8-13-23)37-30(35)25(19-22-10-5-3-6-11-22)32-28(33)26-14-9-17-36-26/h3-18,25,27H,19H2,1-2H3,(H,31,34)(H,32,33)/t25-,27+/m1/s1. The van der Waals surface area contributed by atoms with Crippen molar-refractivity contribution in [3.63, 3.8) is 0 Å². The van der Waals surface area contributed by atoms with Gasteiger partial charge in [-0.1, -0.05) is 72.8 Å². The number of hydrogen-bond donors (Lipinski definition) is 2. The van der Waals surface area contributed by atoms with Crippen molar-refractivity contribution in [1.82, 2.24) is 5.32 Å². The van der Waals surface area contributed by atoms with E-state index in [9.17, 15) is 14.4 Å². The van der Waals surface area contributed by atoms with Gasteiger partial charge in [0.25, 0.3) is 11.8 Å². The Labute approximate surface area is 215 Å². The highest BCUT2D eigenvalue weighted by Crippen LogP contribution is 2.23. The fraction of sp³-hybridized carbons (Fsp3) is 0.167. The van der Waals surface area contributed by atoms with E-state index in [2.05, 4.69) is 10.6 Å². The van der Waals surface area contributed by atoms with Crippen LogP contribution in [-0.4, -0.2) is 23.8 Å². The predicted molar refractivity (Wildman–Crippen MR) is 140 cm³/mol. The second-order valence-corrected chi connectivity index (χ2v) is 8.73. The first-order chi connectivity index (χ1) is 17.9. The molecule has 0 aliphatic rings. The number of hydrogen-bond acceptors (Lipinski definition) is 5. The summed E-state index contributed by atoms with van der Waals surface area (Å²) in [5.74, 6) is -1.73. The first-order valence-corrected chi connectivity index (χ1v) is 11.9. The van der Waals surface area contributed by atoms with Gasteiger partial charge in [-0.05, 0) is 48.7 Å². The lowest BCUT2D eigenvalue weighted by Crippen LogP contribution is -2.44. The van der Waals surface area contributed by atoms with Crippen LogP contribution in [0.4, 0.5) is 5.69 Å². The van der Waals surface area contributed by atoms with Crippen molar-refractivity contribution in [2.24, 2.45) is 0 Å². The third kappa shape index (κ3) is 6.73. The second-order valence-electron chi connectivity index (χ2n) is 8.73. The highest BCUT2D eigenvalue weighted by Gasteiger charge is 2.31. The van der Waals surface area contributed by atoms with Gasteiger partial charge in [0, 0.05) is 17.7 Å². The number of anilines is 1. The summed E-state index contributed by atoms with van der Waals surface area (Å²) >= 11 is 0. The molecule has 7 heteroatoms. The summed E-state index contributed by atoms with van der Waals surface area (Å²) in [4.78, 5) is 39.6. The molecule has 2 N–H and O–H groups in total. The molecule has 3 aromatic carbocycles. The predicted octanol–water partition coefficient (Wildman–Crippen LogP) is 5.16. The molecule has 1 aromatic heterocycles. The number of aryl methyl sites for hydroxylation is 2. The molecule has 0 saturated heterocycles. The van der Waals surface area contributed by atoms with Crippen molar-refractivity contribution >= 4 is 23.5 Å². The Morgan fingerprint density at radius 2 is 1.57 bits per heavy atom. The highest BCUT2D eigenvalue weighted by molar-refractivity contribution is 5.98. The summed E-state index contributed by atoms with van der Waals surface area (Å²) in [7, 11) is 0. The first kappa shape index (κ1) is 25.4. The monoisotopic (exact) mass is 496 g/mol. The number of benzene rings is 3. The summed E-state index contributed by atoms with van der Waals surface area (Å²) in [5, 5.41) is 5.58. The second kappa shape index (κ2) is 11.9. The molecule has 1 heterocycles. The normalized spacial score (nSPS) is 12.3. The van der Waals surface area contributed by atoms with Crippen LogP contribution in [0.2, 0.25) is 0 Å². The van der Waals surface area contributed by atoms with E-state index < -0.39 is 29.9 Å². The van der Waals surface area contributed by atoms with Crippen LogP contribution < -0.4 is 10.6 Å². The number of carbonyl (C=O) groups is 3. The molecule has 0 saturated carbocycles. The molecule has 7 nitrogen and oxygen atoms in total. The van der Waals surface area contributed by atoms with Crippen LogP contribution in [0.25, 0.3) is 0 Å². The van der Waals surface area contributed by atoms with E-state index in [-0.39, 0.29) is 12.2 Å². The Hall–Kier alpha value is -4.65. The maximum absolute atomic E-state index is 13.5. The topological polar surface area (TPSA) is 97.6 Å². The Kier molecular flexibility index (Phi) is 8.15. The van der Waals surface area contributed by atoms with Crippen molar-refractivity contribution < 1.29 is 23.5 Å². The molecule has 0 aliphatic heterocycles. The van der Waals surface area contributed by atoms with Crippen LogP contribution in [-0.2, 0) is 20.7 Å². The van der Waals surface area contributed by atoms with E-state index in [0.29, 0.717) is 11.3 Å². The van der Waals surface area contributed by atoms with Crippen molar-refractivity contribution in [3.05, 3.63) is 125 Å².